The Bertz CT molecular complexity index is 1350. The van der Waals surface area contributed by atoms with E-state index in [-0.39, 0.29) is 11.7 Å². The van der Waals surface area contributed by atoms with E-state index in [1.807, 2.05) is 60.5 Å². The number of carbonyl (C=O) groups excluding carboxylic acids is 1. The van der Waals surface area contributed by atoms with Gasteiger partial charge in [-0.1, -0.05) is 72.8 Å². The van der Waals surface area contributed by atoms with E-state index in [0.29, 0.717) is 29.8 Å². The zero-order chi connectivity index (χ0) is 23.1. The summed E-state index contributed by atoms with van der Waals surface area (Å²) in [4.78, 5) is 13.7. The summed E-state index contributed by atoms with van der Waals surface area (Å²) in [7, 11) is 3.78. The highest BCUT2D eigenvalue weighted by Crippen LogP contribution is 2.48. The molecule has 0 bridgehead atoms. The average molecular weight is 435 g/mol. The van der Waals surface area contributed by atoms with Crippen molar-refractivity contribution in [2.75, 3.05) is 14.1 Å². The van der Waals surface area contributed by atoms with Crippen molar-refractivity contribution >= 4 is 16.6 Å². The summed E-state index contributed by atoms with van der Waals surface area (Å²) in [6.45, 7) is 0. The van der Waals surface area contributed by atoms with E-state index in [1.165, 1.54) is 0 Å². The third-order valence-corrected chi connectivity index (χ3v) is 6.72. The highest BCUT2D eigenvalue weighted by Gasteiger charge is 2.43. The van der Waals surface area contributed by atoms with E-state index >= 15 is 0 Å². The Morgan fingerprint density at radius 3 is 2.33 bits per heavy atom. The summed E-state index contributed by atoms with van der Waals surface area (Å²) in [5, 5.41) is 16.1. The van der Waals surface area contributed by atoms with E-state index in [1.54, 1.807) is 0 Å². The van der Waals surface area contributed by atoms with Crippen LogP contribution in [0.25, 0.3) is 10.8 Å². The number of nitrogens with two attached hydrogens (primary N) is 1. The Labute approximate surface area is 194 Å². The molecule has 3 aromatic carbocycles. The van der Waals surface area contributed by atoms with Crippen LogP contribution >= 0.6 is 0 Å². The molecule has 1 aliphatic carbocycles. The smallest absolute Gasteiger partial charge is 0.162 e. The molecule has 2 unspecified atom stereocenters. The fraction of sp³-hybridized carbons (Fsp3) is 0.214. The first kappa shape index (κ1) is 21.0. The van der Waals surface area contributed by atoms with Crippen LogP contribution in [-0.2, 0) is 4.79 Å². The molecule has 2 aliphatic rings. The molecule has 164 valence electrons. The number of nitriles is 1. The van der Waals surface area contributed by atoms with Crippen LogP contribution < -0.4 is 5.73 Å². The highest BCUT2D eigenvalue weighted by atomic mass is 16.1. The number of fused-ring (bicyclic) bond motifs is 1. The molecule has 5 rings (SSSR count). The molecule has 5 nitrogen and oxygen atoms in total. The van der Waals surface area contributed by atoms with Crippen molar-refractivity contribution in [3.63, 3.8) is 0 Å². The monoisotopic (exact) mass is 434 g/mol. The fourth-order valence-corrected chi connectivity index (χ4v) is 5.25. The molecular formula is C28H26N4O. The number of hydrazine groups is 1. The SMILES string of the molecule is CN(C)N1C(N)=C(C#N)C(c2ccc3ccccc3c2)C2=C1CC(c1ccccc1)CC2=O. The first-order valence-corrected chi connectivity index (χ1v) is 11.2. The minimum atomic E-state index is -0.463. The van der Waals surface area contributed by atoms with Gasteiger partial charge in [-0.2, -0.15) is 5.26 Å². The summed E-state index contributed by atoms with van der Waals surface area (Å²) < 4.78 is 0. The second-order valence-corrected chi connectivity index (χ2v) is 8.91. The van der Waals surface area contributed by atoms with Crippen LogP contribution in [0.1, 0.15) is 35.8 Å². The third-order valence-electron chi connectivity index (χ3n) is 6.72. The van der Waals surface area contributed by atoms with Crippen LogP contribution in [0.4, 0.5) is 0 Å². The molecule has 0 aromatic heterocycles. The Balaban J connectivity index is 1.70. The number of ketones is 1. The minimum Gasteiger partial charge on any atom is -0.383 e. The fourth-order valence-electron chi connectivity index (χ4n) is 5.25. The molecule has 0 saturated heterocycles. The van der Waals surface area contributed by atoms with Crippen LogP contribution in [0, 0.1) is 11.3 Å². The molecule has 1 aliphatic heterocycles. The van der Waals surface area contributed by atoms with E-state index in [0.717, 1.165) is 27.6 Å². The van der Waals surface area contributed by atoms with Gasteiger partial charge in [-0.05, 0) is 34.2 Å². The number of nitrogens with zero attached hydrogens (tertiary/aromatic N) is 3. The van der Waals surface area contributed by atoms with Gasteiger partial charge in [0.1, 0.15) is 5.82 Å². The molecule has 0 fully saturated rings. The van der Waals surface area contributed by atoms with Gasteiger partial charge >= 0.3 is 0 Å². The first-order chi connectivity index (χ1) is 16.0. The van der Waals surface area contributed by atoms with Crippen molar-refractivity contribution in [2.45, 2.75) is 24.7 Å². The molecular weight excluding hydrogens is 408 g/mol. The van der Waals surface area contributed by atoms with Crippen molar-refractivity contribution in [3.8, 4) is 6.07 Å². The van der Waals surface area contributed by atoms with Crippen LogP contribution in [0.15, 0.2) is 95.5 Å². The Morgan fingerprint density at radius 2 is 1.64 bits per heavy atom. The zero-order valence-electron chi connectivity index (χ0n) is 18.8. The topological polar surface area (TPSA) is 73.4 Å². The molecule has 3 aromatic rings. The lowest BCUT2D eigenvalue weighted by atomic mass is 9.72. The molecule has 0 saturated carbocycles. The van der Waals surface area contributed by atoms with Crippen LogP contribution in [-0.4, -0.2) is 29.9 Å². The van der Waals surface area contributed by atoms with Crippen molar-refractivity contribution in [1.29, 1.82) is 5.26 Å². The lowest BCUT2D eigenvalue weighted by molar-refractivity contribution is -0.117. The molecule has 5 heteroatoms. The van der Waals surface area contributed by atoms with E-state index in [2.05, 4.69) is 42.5 Å². The second-order valence-electron chi connectivity index (χ2n) is 8.91. The minimum absolute atomic E-state index is 0.0774. The zero-order valence-corrected chi connectivity index (χ0v) is 18.8. The standard InChI is InChI=1S/C28H26N4O/c1-31(2)32-24-15-22(18-8-4-3-5-9-18)16-25(33)27(24)26(23(17-29)28(32)30)21-13-12-19-10-6-7-11-20(19)14-21/h3-14,22,26H,15-16,30H2,1-2H3. The molecule has 33 heavy (non-hydrogen) atoms. The van der Waals surface area contributed by atoms with Gasteiger partial charge < -0.3 is 5.73 Å². The normalized spacial score (nSPS) is 20.9. The second kappa shape index (κ2) is 8.23. The summed E-state index contributed by atoms with van der Waals surface area (Å²) in [6, 6.07) is 26.8. The number of Topliss-reactive ketones (excluding diaryl/α,β-unsaturated/α-hetero) is 1. The van der Waals surface area contributed by atoms with Gasteiger partial charge in [0.2, 0.25) is 0 Å². The number of hydrogen-bond donors (Lipinski definition) is 1. The molecule has 0 amide bonds. The summed E-state index contributed by atoms with van der Waals surface area (Å²) >= 11 is 0. The number of benzene rings is 3. The molecule has 2 N–H and O–H groups in total. The Kier molecular flexibility index (Phi) is 5.24. The Hall–Kier alpha value is -3.88. The molecule has 0 spiro atoms. The average Bonchev–Trinajstić information content (AvgIpc) is 2.83. The molecule has 1 heterocycles. The van der Waals surface area contributed by atoms with E-state index in [4.69, 9.17) is 5.73 Å². The van der Waals surface area contributed by atoms with E-state index in [9.17, 15) is 10.1 Å². The maximum absolute atomic E-state index is 13.7. The van der Waals surface area contributed by atoms with Gasteiger partial charge in [-0.3, -0.25) is 9.80 Å². The van der Waals surface area contributed by atoms with Gasteiger partial charge in [0, 0.05) is 31.8 Å². The van der Waals surface area contributed by atoms with Gasteiger partial charge in [0.25, 0.3) is 0 Å². The summed E-state index contributed by atoms with van der Waals surface area (Å²) in [6.07, 6.45) is 1.11. The number of hydrogen-bond acceptors (Lipinski definition) is 5. The van der Waals surface area contributed by atoms with Gasteiger partial charge in [-0.15, -0.1) is 0 Å². The predicted octanol–water partition coefficient (Wildman–Crippen LogP) is 4.81. The largest absolute Gasteiger partial charge is 0.383 e. The lowest BCUT2D eigenvalue weighted by Gasteiger charge is -2.43. The molecule has 0 radical (unpaired) electrons. The van der Waals surface area contributed by atoms with Crippen molar-refractivity contribution in [1.82, 2.24) is 10.0 Å². The van der Waals surface area contributed by atoms with Gasteiger partial charge in [0.05, 0.1) is 17.6 Å². The van der Waals surface area contributed by atoms with Crippen molar-refractivity contribution < 1.29 is 4.79 Å². The first-order valence-electron chi connectivity index (χ1n) is 11.2. The van der Waals surface area contributed by atoms with Gasteiger partial charge in [0.15, 0.2) is 5.78 Å². The maximum atomic E-state index is 13.7. The van der Waals surface area contributed by atoms with Gasteiger partial charge in [-0.25, -0.2) is 5.01 Å². The summed E-state index contributed by atoms with van der Waals surface area (Å²) in [5.74, 6) is 0.0832. The predicted molar refractivity (Wildman–Crippen MR) is 129 cm³/mol. The van der Waals surface area contributed by atoms with Crippen LogP contribution in [0.5, 0.6) is 0 Å². The van der Waals surface area contributed by atoms with Crippen LogP contribution in [0.2, 0.25) is 0 Å². The highest BCUT2D eigenvalue weighted by molar-refractivity contribution is 6.00. The van der Waals surface area contributed by atoms with E-state index < -0.39 is 5.92 Å². The number of rotatable bonds is 3. The van der Waals surface area contributed by atoms with Crippen LogP contribution in [0.3, 0.4) is 0 Å². The number of allylic oxidation sites excluding steroid dienone is 3. The lowest BCUT2D eigenvalue weighted by Crippen LogP contribution is -2.46. The number of carbonyl (C=O) groups is 1. The quantitative estimate of drug-likeness (QED) is 0.640. The Morgan fingerprint density at radius 1 is 0.939 bits per heavy atom. The maximum Gasteiger partial charge on any atom is 0.162 e. The summed E-state index contributed by atoms with van der Waals surface area (Å²) in [5.41, 5.74) is 10.7. The third kappa shape index (κ3) is 3.49. The van der Waals surface area contributed by atoms with Crippen molar-refractivity contribution in [3.05, 3.63) is 107 Å². The van der Waals surface area contributed by atoms with Crippen molar-refractivity contribution in [2.24, 2.45) is 5.73 Å². The molecule has 2 atom stereocenters.